The van der Waals surface area contributed by atoms with Gasteiger partial charge in [0.15, 0.2) is 5.60 Å². The first kappa shape index (κ1) is 25.0. The largest absolute Gasteiger partial charge is 0.491 e. The van der Waals surface area contributed by atoms with Crippen LogP contribution in [0.1, 0.15) is 40.7 Å². The molecule has 2 amide bonds. The van der Waals surface area contributed by atoms with Gasteiger partial charge in [-0.25, -0.2) is 0 Å². The number of halogens is 3. The second kappa shape index (κ2) is 10.3. The predicted octanol–water partition coefficient (Wildman–Crippen LogP) is 4.18. The van der Waals surface area contributed by atoms with E-state index in [-0.39, 0.29) is 31.2 Å². The van der Waals surface area contributed by atoms with E-state index in [1.165, 1.54) is 17.0 Å². The highest BCUT2D eigenvalue weighted by atomic mass is 19.4. The van der Waals surface area contributed by atoms with Gasteiger partial charge in [-0.1, -0.05) is 24.3 Å². The van der Waals surface area contributed by atoms with Crippen LogP contribution in [0, 0.1) is 0 Å². The number of carbonyl (C=O) groups excluding carboxylic acids is 2. The number of carbonyl (C=O) groups is 2. The van der Waals surface area contributed by atoms with Gasteiger partial charge in [0.05, 0.1) is 25.3 Å². The van der Waals surface area contributed by atoms with E-state index in [4.69, 9.17) is 9.47 Å². The number of rotatable bonds is 1. The molecule has 1 fully saturated rings. The van der Waals surface area contributed by atoms with Gasteiger partial charge in [-0.15, -0.1) is 0 Å². The predicted molar refractivity (Wildman–Crippen MR) is 123 cm³/mol. The van der Waals surface area contributed by atoms with Crippen molar-refractivity contribution in [3.05, 3.63) is 65.2 Å². The molecule has 1 unspecified atom stereocenters. The fourth-order valence-corrected chi connectivity index (χ4v) is 4.68. The standard InChI is InChI=1S/C26H29F3N2O4/c1-30-13-15-34-22-11-3-2-7-19(22)8-4-5-12-25(24(30)33)18-31(14-16-35-25)23(32)20-9-6-10-21(17-20)26(27,28)29/h2-3,6-7,9-11,17H,4-5,8,12-16,18H2,1H3. The molecule has 2 aromatic carbocycles. The first-order valence-electron chi connectivity index (χ1n) is 11.8. The fourth-order valence-electron chi connectivity index (χ4n) is 4.68. The van der Waals surface area contributed by atoms with Crippen molar-refractivity contribution in [3.8, 4) is 5.75 Å². The maximum Gasteiger partial charge on any atom is 0.416 e. The van der Waals surface area contributed by atoms with Gasteiger partial charge in [0, 0.05) is 19.2 Å². The summed E-state index contributed by atoms with van der Waals surface area (Å²) < 4.78 is 51.4. The van der Waals surface area contributed by atoms with E-state index in [2.05, 4.69) is 0 Å². The zero-order valence-corrected chi connectivity index (χ0v) is 19.6. The van der Waals surface area contributed by atoms with E-state index in [1.807, 2.05) is 24.3 Å². The molecule has 2 aliphatic rings. The molecular weight excluding hydrogens is 461 g/mol. The number of hydrogen-bond acceptors (Lipinski definition) is 4. The first-order chi connectivity index (χ1) is 16.7. The molecule has 2 aliphatic heterocycles. The van der Waals surface area contributed by atoms with Gasteiger partial charge in [-0.2, -0.15) is 13.2 Å². The second-order valence-corrected chi connectivity index (χ2v) is 9.04. The molecule has 0 aliphatic carbocycles. The molecule has 0 radical (unpaired) electrons. The number of aryl methyl sites for hydroxylation is 1. The number of amides is 2. The zero-order chi connectivity index (χ0) is 25.1. The lowest BCUT2D eigenvalue weighted by Crippen LogP contribution is -2.61. The smallest absolute Gasteiger partial charge is 0.416 e. The summed E-state index contributed by atoms with van der Waals surface area (Å²) in [6.45, 7) is 0.957. The van der Waals surface area contributed by atoms with Crippen LogP contribution < -0.4 is 4.74 Å². The molecule has 1 spiro atoms. The SMILES string of the molecule is CN1CCOc2ccccc2CCCCC2(CN(C(=O)c3cccc(C(F)(F)F)c3)CCO2)C1=O. The van der Waals surface area contributed by atoms with Gasteiger partial charge in [-0.3, -0.25) is 9.59 Å². The molecular formula is C26H29F3N2O4. The molecule has 2 aromatic rings. The van der Waals surface area contributed by atoms with Gasteiger partial charge >= 0.3 is 6.18 Å². The number of nitrogens with zero attached hydrogens (tertiary/aromatic N) is 2. The maximum absolute atomic E-state index is 13.5. The molecule has 0 saturated carbocycles. The van der Waals surface area contributed by atoms with E-state index in [1.54, 1.807) is 11.9 Å². The van der Waals surface area contributed by atoms with Crippen LogP contribution in [-0.2, 0) is 22.1 Å². The zero-order valence-electron chi connectivity index (χ0n) is 19.6. The summed E-state index contributed by atoms with van der Waals surface area (Å²) in [7, 11) is 1.67. The van der Waals surface area contributed by atoms with Crippen LogP contribution in [0.4, 0.5) is 13.2 Å². The van der Waals surface area contributed by atoms with Crippen molar-refractivity contribution in [2.75, 3.05) is 39.9 Å². The third kappa shape index (κ3) is 5.61. The summed E-state index contributed by atoms with van der Waals surface area (Å²) in [4.78, 5) is 29.7. The van der Waals surface area contributed by atoms with E-state index in [9.17, 15) is 22.8 Å². The van der Waals surface area contributed by atoms with Crippen molar-refractivity contribution >= 4 is 11.8 Å². The molecule has 6 nitrogen and oxygen atoms in total. The lowest BCUT2D eigenvalue weighted by Gasteiger charge is -2.43. The number of benzene rings is 2. The maximum atomic E-state index is 13.5. The Balaban J connectivity index is 1.55. The van der Waals surface area contributed by atoms with Gasteiger partial charge < -0.3 is 19.3 Å². The number of para-hydroxylation sites is 1. The van der Waals surface area contributed by atoms with Gasteiger partial charge in [0.1, 0.15) is 12.4 Å². The minimum atomic E-state index is -4.55. The van der Waals surface area contributed by atoms with E-state index in [0.717, 1.165) is 36.3 Å². The van der Waals surface area contributed by atoms with Crippen molar-refractivity contribution in [1.82, 2.24) is 9.80 Å². The molecule has 188 valence electrons. The molecule has 35 heavy (non-hydrogen) atoms. The third-order valence-corrected chi connectivity index (χ3v) is 6.58. The van der Waals surface area contributed by atoms with E-state index in [0.29, 0.717) is 26.0 Å². The summed E-state index contributed by atoms with van der Waals surface area (Å²) in [5.41, 5.74) is -1.09. The average molecular weight is 491 g/mol. The molecule has 0 aromatic heterocycles. The summed E-state index contributed by atoms with van der Waals surface area (Å²) in [5, 5.41) is 0. The van der Waals surface area contributed by atoms with Crippen molar-refractivity contribution in [2.45, 2.75) is 37.5 Å². The Hall–Kier alpha value is -3.07. The summed E-state index contributed by atoms with van der Waals surface area (Å²) in [6.07, 6.45) is -1.88. The molecule has 0 bridgehead atoms. The summed E-state index contributed by atoms with van der Waals surface area (Å²) in [6, 6.07) is 12.2. The van der Waals surface area contributed by atoms with Gasteiger partial charge in [-0.05, 0) is 55.5 Å². The Bertz CT molecular complexity index is 1070. The van der Waals surface area contributed by atoms with Crippen LogP contribution in [0.3, 0.4) is 0 Å². The highest BCUT2D eigenvalue weighted by molar-refractivity contribution is 5.95. The minimum absolute atomic E-state index is 0.0112. The van der Waals surface area contributed by atoms with E-state index < -0.39 is 23.2 Å². The number of ether oxygens (including phenoxy) is 2. The molecule has 9 heteroatoms. The van der Waals surface area contributed by atoms with Crippen molar-refractivity contribution < 1.29 is 32.2 Å². The van der Waals surface area contributed by atoms with Crippen LogP contribution >= 0.6 is 0 Å². The van der Waals surface area contributed by atoms with Crippen LogP contribution in [0.2, 0.25) is 0 Å². The van der Waals surface area contributed by atoms with E-state index >= 15 is 0 Å². The molecule has 4 rings (SSSR count). The highest BCUT2D eigenvalue weighted by Crippen LogP contribution is 2.32. The Labute approximate surface area is 202 Å². The number of likely N-dealkylation sites (N-methyl/N-ethyl adjacent to an activating group) is 1. The third-order valence-electron chi connectivity index (χ3n) is 6.58. The van der Waals surface area contributed by atoms with Crippen molar-refractivity contribution in [2.24, 2.45) is 0 Å². The number of fused-ring (bicyclic) bond motifs is 1. The van der Waals surface area contributed by atoms with Crippen molar-refractivity contribution in [3.63, 3.8) is 0 Å². The lowest BCUT2D eigenvalue weighted by molar-refractivity contribution is -0.169. The quantitative estimate of drug-likeness (QED) is 0.602. The van der Waals surface area contributed by atoms with Gasteiger partial charge in [0.25, 0.3) is 11.8 Å². The molecule has 1 atom stereocenters. The number of hydrogen-bond donors (Lipinski definition) is 0. The van der Waals surface area contributed by atoms with Gasteiger partial charge in [0.2, 0.25) is 0 Å². The highest BCUT2D eigenvalue weighted by Gasteiger charge is 2.46. The van der Waals surface area contributed by atoms with Crippen molar-refractivity contribution in [1.29, 1.82) is 0 Å². The number of alkyl halides is 3. The Morgan fingerprint density at radius 2 is 1.83 bits per heavy atom. The summed E-state index contributed by atoms with van der Waals surface area (Å²) in [5.74, 6) is 0.0181. The van der Waals surface area contributed by atoms with Crippen LogP contribution in [-0.4, -0.2) is 67.1 Å². The first-order valence-corrected chi connectivity index (χ1v) is 11.8. The minimum Gasteiger partial charge on any atom is -0.491 e. The lowest BCUT2D eigenvalue weighted by atomic mass is 9.91. The topological polar surface area (TPSA) is 59.1 Å². The Kier molecular flexibility index (Phi) is 7.35. The molecule has 2 heterocycles. The molecule has 1 saturated heterocycles. The van der Waals surface area contributed by atoms with Crippen LogP contribution in [0.15, 0.2) is 48.5 Å². The summed E-state index contributed by atoms with van der Waals surface area (Å²) >= 11 is 0. The normalized spacial score (nSPS) is 22.1. The second-order valence-electron chi connectivity index (χ2n) is 9.04. The fraction of sp³-hybridized carbons (Fsp3) is 0.462. The van der Waals surface area contributed by atoms with Crippen LogP contribution in [0.25, 0.3) is 0 Å². The Morgan fingerprint density at radius 1 is 1.03 bits per heavy atom. The molecule has 0 N–H and O–H groups in total. The Morgan fingerprint density at radius 3 is 2.63 bits per heavy atom. The van der Waals surface area contributed by atoms with Crippen LogP contribution in [0.5, 0.6) is 5.75 Å². The monoisotopic (exact) mass is 490 g/mol. The number of morpholine rings is 1. The average Bonchev–Trinajstić information content (AvgIpc) is 2.85.